The number of rotatable bonds is 6. The van der Waals surface area contributed by atoms with Crippen LogP contribution in [-0.2, 0) is 12.8 Å². The molecule has 142 valence electrons. The molecule has 8 heteroatoms. The van der Waals surface area contributed by atoms with Crippen LogP contribution in [0.2, 0.25) is 0 Å². The predicted octanol–water partition coefficient (Wildman–Crippen LogP) is 2.09. The van der Waals surface area contributed by atoms with Crippen molar-refractivity contribution in [1.82, 2.24) is 25.3 Å². The summed E-state index contributed by atoms with van der Waals surface area (Å²) >= 11 is 0. The SMILES string of the molecule is COc1ccc(-c2cnc(CCc3nc(C4CNCCN4C)no3)o2)cc1. The fourth-order valence-electron chi connectivity index (χ4n) is 3.13. The van der Waals surface area contributed by atoms with E-state index in [0.29, 0.717) is 24.6 Å². The minimum Gasteiger partial charge on any atom is -0.497 e. The summed E-state index contributed by atoms with van der Waals surface area (Å²) in [5, 5.41) is 7.50. The van der Waals surface area contributed by atoms with Gasteiger partial charge in [0.2, 0.25) is 5.89 Å². The largest absolute Gasteiger partial charge is 0.497 e. The summed E-state index contributed by atoms with van der Waals surface area (Å²) in [5.74, 6) is 3.52. The van der Waals surface area contributed by atoms with Crippen LogP contribution < -0.4 is 10.1 Å². The number of oxazole rings is 1. The summed E-state index contributed by atoms with van der Waals surface area (Å²) in [7, 11) is 3.72. The fraction of sp³-hybridized carbons (Fsp3) is 0.421. The highest BCUT2D eigenvalue weighted by molar-refractivity contribution is 5.57. The number of methoxy groups -OCH3 is 1. The predicted molar refractivity (Wildman–Crippen MR) is 98.4 cm³/mol. The Kier molecular flexibility index (Phi) is 5.17. The number of nitrogens with one attached hydrogen (secondary N) is 1. The van der Waals surface area contributed by atoms with E-state index in [-0.39, 0.29) is 6.04 Å². The zero-order valence-electron chi connectivity index (χ0n) is 15.5. The van der Waals surface area contributed by atoms with Crippen molar-refractivity contribution in [2.45, 2.75) is 18.9 Å². The lowest BCUT2D eigenvalue weighted by Crippen LogP contribution is -2.44. The van der Waals surface area contributed by atoms with Crippen LogP contribution in [0.4, 0.5) is 0 Å². The zero-order chi connectivity index (χ0) is 18.6. The standard InChI is InChI=1S/C19H23N5O3/c1-24-10-9-20-11-15(24)19-22-18(27-23-19)8-7-17-21-12-16(26-17)13-3-5-14(25-2)6-4-13/h3-6,12,15,20H,7-11H2,1-2H3. The van der Waals surface area contributed by atoms with E-state index in [1.807, 2.05) is 24.3 Å². The average Bonchev–Trinajstić information content (AvgIpc) is 3.36. The minimum atomic E-state index is 0.152. The number of benzene rings is 1. The molecular formula is C19H23N5O3. The molecule has 0 radical (unpaired) electrons. The highest BCUT2D eigenvalue weighted by Crippen LogP contribution is 2.24. The van der Waals surface area contributed by atoms with Crippen molar-refractivity contribution >= 4 is 0 Å². The summed E-state index contributed by atoms with van der Waals surface area (Å²) in [6, 6.07) is 7.84. The maximum atomic E-state index is 5.85. The van der Waals surface area contributed by atoms with Crippen LogP contribution in [0.15, 0.2) is 39.4 Å². The van der Waals surface area contributed by atoms with Gasteiger partial charge in [0, 0.05) is 38.0 Å². The average molecular weight is 369 g/mol. The number of likely N-dealkylation sites (N-methyl/N-ethyl adjacent to an activating group) is 1. The van der Waals surface area contributed by atoms with Gasteiger partial charge in [-0.05, 0) is 31.3 Å². The Morgan fingerprint density at radius 2 is 2.04 bits per heavy atom. The quantitative estimate of drug-likeness (QED) is 0.706. The molecule has 0 spiro atoms. The Hall–Kier alpha value is -2.71. The molecule has 0 bridgehead atoms. The molecule has 1 atom stereocenters. The molecule has 3 heterocycles. The molecule has 27 heavy (non-hydrogen) atoms. The normalized spacial score (nSPS) is 17.9. The van der Waals surface area contributed by atoms with Crippen LogP contribution in [0.3, 0.4) is 0 Å². The second-order valence-corrected chi connectivity index (χ2v) is 6.59. The summed E-state index contributed by atoms with van der Waals surface area (Å²) < 4.78 is 16.4. The summed E-state index contributed by atoms with van der Waals surface area (Å²) in [4.78, 5) is 11.1. The maximum Gasteiger partial charge on any atom is 0.227 e. The van der Waals surface area contributed by atoms with Gasteiger partial charge >= 0.3 is 0 Å². The summed E-state index contributed by atoms with van der Waals surface area (Å²) in [6.07, 6.45) is 2.94. The van der Waals surface area contributed by atoms with E-state index in [1.165, 1.54) is 0 Å². The first-order valence-electron chi connectivity index (χ1n) is 9.05. The molecule has 1 unspecified atom stereocenters. The molecule has 1 fully saturated rings. The number of ether oxygens (including phenoxy) is 1. The van der Waals surface area contributed by atoms with Gasteiger partial charge in [-0.25, -0.2) is 4.98 Å². The van der Waals surface area contributed by atoms with Crippen molar-refractivity contribution in [3.05, 3.63) is 48.1 Å². The molecule has 4 rings (SSSR count). The van der Waals surface area contributed by atoms with Crippen LogP contribution in [-0.4, -0.2) is 53.8 Å². The lowest BCUT2D eigenvalue weighted by molar-refractivity contribution is 0.190. The molecule has 0 aliphatic carbocycles. The topological polar surface area (TPSA) is 89.5 Å². The molecule has 1 N–H and O–H groups in total. The Balaban J connectivity index is 1.37. The number of aryl methyl sites for hydroxylation is 2. The van der Waals surface area contributed by atoms with Gasteiger partial charge in [-0.1, -0.05) is 5.16 Å². The molecular weight excluding hydrogens is 346 g/mol. The molecule has 1 aliphatic heterocycles. The van der Waals surface area contributed by atoms with E-state index in [2.05, 4.69) is 32.4 Å². The van der Waals surface area contributed by atoms with Crippen LogP contribution >= 0.6 is 0 Å². The number of nitrogens with zero attached hydrogens (tertiary/aromatic N) is 4. The minimum absolute atomic E-state index is 0.152. The van der Waals surface area contributed by atoms with Gasteiger partial charge in [0.25, 0.3) is 0 Å². The Bertz CT molecular complexity index is 874. The molecule has 0 amide bonds. The number of piperazine rings is 1. The Morgan fingerprint density at radius 3 is 2.81 bits per heavy atom. The van der Waals surface area contributed by atoms with Gasteiger partial charge in [0.05, 0.1) is 19.3 Å². The fourth-order valence-corrected chi connectivity index (χ4v) is 3.13. The number of aromatic nitrogens is 3. The maximum absolute atomic E-state index is 5.85. The van der Waals surface area contributed by atoms with Crippen molar-refractivity contribution < 1.29 is 13.7 Å². The van der Waals surface area contributed by atoms with Crippen molar-refractivity contribution in [3.8, 4) is 17.1 Å². The Labute approximate surface area is 157 Å². The monoisotopic (exact) mass is 369 g/mol. The van der Waals surface area contributed by atoms with E-state index < -0.39 is 0 Å². The molecule has 1 aliphatic rings. The van der Waals surface area contributed by atoms with Crippen molar-refractivity contribution in [2.24, 2.45) is 0 Å². The highest BCUT2D eigenvalue weighted by Gasteiger charge is 2.25. The van der Waals surface area contributed by atoms with Crippen LogP contribution in [0.5, 0.6) is 5.75 Å². The lowest BCUT2D eigenvalue weighted by atomic mass is 10.2. The third-order valence-corrected chi connectivity index (χ3v) is 4.77. The molecule has 1 aromatic carbocycles. The van der Waals surface area contributed by atoms with Gasteiger partial charge in [-0.3, -0.25) is 4.90 Å². The van der Waals surface area contributed by atoms with Crippen LogP contribution in [0, 0.1) is 0 Å². The van der Waals surface area contributed by atoms with Gasteiger partial charge in [0.1, 0.15) is 5.75 Å². The van der Waals surface area contributed by atoms with E-state index >= 15 is 0 Å². The first-order chi connectivity index (χ1) is 13.2. The van der Waals surface area contributed by atoms with E-state index in [4.69, 9.17) is 13.7 Å². The van der Waals surface area contributed by atoms with Crippen molar-refractivity contribution in [1.29, 1.82) is 0 Å². The third kappa shape index (κ3) is 4.01. The zero-order valence-corrected chi connectivity index (χ0v) is 15.5. The van der Waals surface area contributed by atoms with Crippen LogP contribution in [0.1, 0.15) is 23.6 Å². The van der Waals surface area contributed by atoms with E-state index in [1.54, 1.807) is 13.3 Å². The summed E-state index contributed by atoms with van der Waals surface area (Å²) in [6.45, 7) is 2.79. The van der Waals surface area contributed by atoms with E-state index in [0.717, 1.165) is 42.5 Å². The van der Waals surface area contributed by atoms with E-state index in [9.17, 15) is 0 Å². The van der Waals surface area contributed by atoms with Crippen LogP contribution in [0.25, 0.3) is 11.3 Å². The highest BCUT2D eigenvalue weighted by atomic mass is 16.5. The second kappa shape index (κ2) is 7.89. The smallest absolute Gasteiger partial charge is 0.227 e. The third-order valence-electron chi connectivity index (χ3n) is 4.77. The molecule has 0 saturated carbocycles. The first-order valence-corrected chi connectivity index (χ1v) is 9.05. The number of hydrogen-bond acceptors (Lipinski definition) is 8. The van der Waals surface area contributed by atoms with Gasteiger partial charge in [-0.15, -0.1) is 0 Å². The molecule has 8 nitrogen and oxygen atoms in total. The Morgan fingerprint density at radius 1 is 1.22 bits per heavy atom. The van der Waals surface area contributed by atoms with Gasteiger partial charge < -0.3 is 19.0 Å². The van der Waals surface area contributed by atoms with Gasteiger partial charge in [0.15, 0.2) is 17.5 Å². The lowest BCUT2D eigenvalue weighted by Gasteiger charge is -2.30. The molecule has 3 aromatic rings. The molecule has 1 saturated heterocycles. The van der Waals surface area contributed by atoms with Crippen molar-refractivity contribution in [3.63, 3.8) is 0 Å². The molecule has 2 aromatic heterocycles. The summed E-state index contributed by atoms with van der Waals surface area (Å²) in [5.41, 5.74) is 0.961. The van der Waals surface area contributed by atoms with Crippen molar-refractivity contribution in [2.75, 3.05) is 33.8 Å². The van der Waals surface area contributed by atoms with Gasteiger partial charge in [-0.2, -0.15) is 4.98 Å². The number of hydrogen-bond donors (Lipinski definition) is 1. The second-order valence-electron chi connectivity index (χ2n) is 6.59. The first kappa shape index (κ1) is 17.7.